The number of benzene rings is 1. The van der Waals surface area contributed by atoms with E-state index < -0.39 is 17.7 Å². The Morgan fingerprint density at radius 1 is 0.923 bits per heavy atom. The third-order valence-electron chi connectivity index (χ3n) is 4.35. The van der Waals surface area contributed by atoms with Crippen molar-refractivity contribution in [3.8, 4) is 0 Å². The van der Waals surface area contributed by atoms with Crippen molar-refractivity contribution < 1.29 is 29.0 Å². The second kappa shape index (κ2) is 6.63. The van der Waals surface area contributed by atoms with Crippen LogP contribution >= 0.6 is 0 Å². The van der Waals surface area contributed by atoms with Gasteiger partial charge in [-0.05, 0) is 26.3 Å². The Morgan fingerprint density at radius 3 is 2.04 bits per heavy atom. The number of rotatable bonds is 4. The molecule has 2 aliphatic carbocycles. The van der Waals surface area contributed by atoms with Crippen LogP contribution < -0.4 is 0 Å². The van der Waals surface area contributed by atoms with Gasteiger partial charge in [-0.25, -0.2) is 9.59 Å². The van der Waals surface area contributed by atoms with E-state index >= 15 is 0 Å². The molecule has 134 valence electrons. The Morgan fingerprint density at radius 2 is 1.46 bits per heavy atom. The molecule has 0 aliphatic heterocycles. The summed E-state index contributed by atoms with van der Waals surface area (Å²) < 4.78 is 10.1. The lowest BCUT2D eigenvalue weighted by Crippen LogP contribution is -2.20. The smallest absolute Gasteiger partial charge is 0.339 e. The van der Waals surface area contributed by atoms with Crippen LogP contribution in [0.3, 0.4) is 0 Å². The summed E-state index contributed by atoms with van der Waals surface area (Å²) in [5, 5.41) is 10.8. The van der Waals surface area contributed by atoms with Gasteiger partial charge in [0.1, 0.15) is 5.76 Å². The molecular weight excluding hydrogens is 336 g/mol. The van der Waals surface area contributed by atoms with Gasteiger partial charge in [-0.3, -0.25) is 4.79 Å². The molecule has 1 aromatic rings. The largest absolute Gasteiger partial charge is 0.507 e. The lowest BCUT2D eigenvalue weighted by atomic mass is 9.84. The SMILES string of the molecule is CCOC(=O)C1=C(C)C(C(=O)OCC)=C2C(=O)c3ccccc3C(O)=C12. The zero-order valence-corrected chi connectivity index (χ0v) is 14.7. The van der Waals surface area contributed by atoms with Gasteiger partial charge in [-0.2, -0.15) is 0 Å². The normalized spacial score (nSPS) is 15.9. The number of esters is 2. The van der Waals surface area contributed by atoms with Crippen LogP contribution in [0.15, 0.2) is 52.1 Å². The van der Waals surface area contributed by atoms with Crippen molar-refractivity contribution in [1.29, 1.82) is 0 Å². The first-order valence-electron chi connectivity index (χ1n) is 8.31. The predicted molar refractivity (Wildman–Crippen MR) is 93.3 cm³/mol. The van der Waals surface area contributed by atoms with Gasteiger partial charge in [-0.15, -0.1) is 0 Å². The molecule has 0 radical (unpaired) electrons. The van der Waals surface area contributed by atoms with Crippen LogP contribution in [0.1, 0.15) is 36.7 Å². The molecule has 6 nitrogen and oxygen atoms in total. The minimum absolute atomic E-state index is 0.00374. The van der Waals surface area contributed by atoms with E-state index in [1.165, 1.54) is 0 Å². The predicted octanol–water partition coefficient (Wildman–Crippen LogP) is 2.90. The van der Waals surface area contributed by atoms with Gasteiger partial charge < -0.3 is 14.6 Å². The van der Waals surface area contributed by atoms with E-state index in [2.05, 4.69) is 0 Å². The minimum atomic E-state index is -0.711. The van der Waals surface area contributed by atoms with E-state index in [-0.39, 0.29) is 52.4 Å². The molecule has 2 aliphatic rings. The summed E-state index contributed by atoms with van der Waals surface area (Å²) in [5.74, 6) is -2.07. The molecule has 0 amide bonds. The van der Waals surface area contributed by atoms with Crippen LogP contribution in [0.4, 0.5) is 0 Å². The number of aliphatic hydroxyl groups is 1. The number of aliphatic hydroxyl groups excluding tert-OH is 1. The molecule has 6 heteroatoms. The Bertz CT molecular complexity index is 929. The van der Waals surface area contributed by atoms with Crippen molar-refractivity contribution in [2.75, 3.05) is 13.2 Å². The number of hydrogen-bond donors (Lipinski definition) is 1. The Kier molecular flexibility index (Phi) is 4.50. The van der Waals surface area contributed by atoms with Crippen molar-refractivity contribution in [2.45, 2.75) is 20.8 Å². The van der Waals surface area contributed by atoms with E-state index in [0.29, 0.717) is 5.56 Å². The lowest BCUT2D eigenvalue weighted by molar-refractivity contribution is -0.138. The summed E-state index contributed by atoms with van der Waals surface area (Å²) in [6.07, 6.45) is 0. The first-order chi connectivity index (χ1) is 12.4. The van der Waals surface area contributed by atoms with Crippen LogP contribution in [0.25, 0.3) is 5.76 Å². The first-order valence-corrected chi connectivity index (χ1v) is 8.31. The molecule has 0 atom stereocenters. The summed E-state index contributed by atoms with van der Waals surface area (Å²) in [6, 6.07) is 6.51. The zero-order chi connectivity index (χ0) is 19.0. The third kappa shape index (κ3) is 2.45. The van der Waals surface area contributed by atoms with Gasteiger partial charge in [0.05, 0.1) is 24.4 Å². The highest BCUT2D eigenvalue weighted by molar-refractivity contribution is 6.26. The first kappa shape index (κ1) is 17.7. The maximum atomic E-state index is 13.0. The molecule has 0 unspecified atom stereocenters. The van der Waals surface area contributed by atoms with Gasteiger partial charge in [0.25, 0.3) is 0 Å². The Labute approximate surface area is 150 Å². The zero-order valence-electron chi connectivity index (χ0n) is 14.7. The van der Waals surface area contributed by atoms with Crippen molar-refractivity contribution in [3.63, 3.8) is 0 Å². The second-order valence-electron chi connectivity index (χ2n) is 5.79. The molecule has 0 saturated carbocycles. The molecule has 0 spiro atoms. The van der Waals surface area contributed by atoms with Crippen LogP contribution in [-0.2, 0) is 19.1 Å². The summed E-state index contributed by atoms with van der Waals surface area (Å²) in [4.78, 5) is 38.0. The fraction of sp³-hybridized carbons (Fsp3) is 0.250. The van der Waals surface area contributed by atoms with Crippen LogP contribution in [0.2, 0.25) is 0 Å². The summed E-state index contributed by atoms with van der Waals surface area (Å²) >= 11 is 0. The molecule has 0 saturated heterocycles. The highest BCUT2D eigenvalue weighted by atomic mass is 16.5. The summed E-state index contributed by atoms with van der Waals surface area (Å²) in [7, 11) is 0. The van der Waals surface area contributed by atoms with Gasteiger partial charge in [0, 0.05) is 22.3 Å². The maximum absolute atomic E-state index is 13.0. The van der Waals surface area contributed by atoms with Gasteiger partial charge in [-0.1, -0.05) is 24.3 Å². The maximum Gasteiger partial charge on any atom is 0.339 e. The average molecular weight is 354 g/mol. The van der Waals surface area contributed by atoms with Crippen molar-refractivity contribution >= 4 is 23.5 Å². The van der Waals surface area contributed by atoms with Gasteiger partial charge >= 0.3 is 11.9 Å². The highest BCUT2D eigenvalue weighted by Crippen LogP contribution is 2.46. The Hall–Kier alpha value is -3.15. The fourth-order valence-electron chi connectivity index (χ4n) is 3.29. The van der Waals surface area contributed by atoms with E-state index in [1.807, 2.05) is 0 Å². The van der Waals surface area contributed by atoms with Crippen LogP contribution in [0.5, 0.6) is 0 Å². The lowest BCUT2D eigenvalue weighted by Gasteiger charge is -2.20. The quantitative estimate of drug-likeness (QED) is 0.836. The van der Waals surface area contributed by atoms with E-state index in [4.69, 9.17) is 9.47 Å². The number of carbonyl (C=O) groups excluding carboxylic acids is 3. The number of allylic oxidation sites excluding steroid dienone is 1. The number of ether oxygens (including phenoxy) is 2. The summed E-state index contributed by atoms with van der Waals surface area (Å²) in [6.45, 7) is 5.09. The molecule has 26 heavy (non-hydrogen) atoms. The standard InChI is InChI=1S/C20H18O6/c1-4-25-19(23)13-10(3)14(20(24)26-5-2)16-15(13)17(21)11-8-6-7-9-12(11)18(16)22/h6-9,21H,4-5H2,1-3H3. The Balaban J connectivity index is 2.33. The molecule has 0 heterocycles. The van der Waals surface area contributed by atoms with Crippen molar-refractivity contribution in [3.05, 3.63) is 63.3 Å². The monoisotopic (exact) mass is 354 g/mol. The third-order valence-corrected chi connectivity index (χ3v) is 4.35. The van der Waals surface area contributed by atoms with E-state index in [9.17, 15) is 19.5 Å². The van der Waals surface area contributed by atoms with Crippen molar-refractivity contribution in [2.24, 2.45) is 0 Å². The van der Waals surface area contributed by atoms with Crippen molar-refractivity contribution in [1.82, 2.24) is 0 Å². The van der Waals surface area contributed by atoms with Gasteiger partial charge in [0.15, 0.2) is 5.78 Å². The van der Waals surface area contributed by atoms with Gasteiger partial charge in [0.2, 0.25) is 0 Å². The number of carbonyl (C=O) groups is 3. The average Bonchev–Trinajstić information content (AvgIpc) is 2.93. The molecule has 3 rings (SSSR count). The molecule has 1 aromatic carbocycles. The van der Waals surface area contributed by atoms with Crippen LogP contribution in [-0.4, -0.2) is 36.0 Å². The number of fused-ring (bicyclic) bond motifs is 2. The number of Topliss-reactive ketones (excluding diaryl/α,β-unsaturated/α-hetero) is 1. The molecule has 0 fully saturated rings. The second-order valence-corrected chi connectivity index (χ2v) is 5.79. The number of ketones is 1. The minimum Gasteiger partial charge on any atom is -0.507 e. The topological polar surface area (TPSA) is 89.9 Å². The molecule has 0 aromatic heterocycles. The van der Waals surface area contributed by atoms with Crippen LogP contribution in [0, 0.1) is 0 Å². The molecular formula is C20H18O6. The summed E-state index contributed by atoms with van der Waals surface area (Å²) in [5.41, 5.74) is 0.883. The molecule has 0 bridgehead atoms. The van der Waals surface area contributed by atoms with E-state index in [1.54, 1.807) is 45.0 Å². The highest BCUT2D eigenvalue weighted by Gasteiger charge is 2.44. The van der Waals surface area contributed by atoms with E-state index in [0.717, 1.165) is 0 Å². The fourth-order valence-corrected chi connectivity index (χ4v) is 3.29. The molecule has 1 N–H and O–H groups in total. The number of hydrogen-bond acceptors (Lipinski definition) is 6.